The van der Waals surface area contributed by atoms with E-state index in [2.05, 4.69) is 5.32 Å². The smallest absolute Gasteiger partial charge is 0.366 e. The summed E-state index contributed by atoms with van der Waals surface area (Å²) in [4.78, 5) is 13.1. The van der Waals surface area contributed by atoms with Crippen LogP contribution in [0.4, 0.5) is 18.9 Å². The highest BCUT2D eigenvalue weighted by Gasteiger charge is 2.37. The zero-order chi connectivity index (χ0) is 15.8. The van der Waals surface area contributed by atoms with Crippen molar-refractivity contribution in [1.29, 1.82) is 0 Å². The number of nitrogens with one attached hydrogen (secondary N) is 1. The minimum Gasteiger partial charge on any atom is -0.366 e. The molecule has 0 bridgehead atoms. The van der Waals surface area contributed by atoms with Gasteiger partial charge in [0.2, 0.25) is 5.91 Å². The van der Waals surface area contributed by atoms with Crippen LogP contribution in [0, 0.1) is 0 Å². The first-order chi connectivity index (χ1) is 9.63. The van der Waals surface area contributed by atoms with Crippen molar-refractivity contribution < 1.29 is 18.0 Å². The Morgan fingerprint density at radius 3 is 2.57 bits per heavy atom. The highest BCUT2D eigenvalue weighted by atomic mass is 19.4. The van der Waals surface area contributed by atoms with Gasteiger partial charge in [-0.15, -0.1) is 0 Å². The normalized spacial score (nSPS) is 18.6. The zero-order valence-corrected chi connectivity index (χ0v) is 11.9. The number of anilines is 1. The lowest BCUT2D eigenvalue weighted by Gasteiger charge is -2.44. The molecule has 0 saturated carbocycles. The fourth-order valence-electron chi connectivity index (χ4n) is 2.61. The number of alkyl halides is 3. The van der Waals surface area contributed by atoms with E-state index in [1.54, 1.807) is 0 Å². The molecule has 1 aliphatic heterocycles. The number of amides is 1. The number of piperazine rings is 1. The number of halogens is 3. The molecule has 0 radical (unpaired) electrons. The SMILES string of the molecule is CC1(C)CNCCN1c1ccc(C(N)=O)c(C(F)(F)F)c1. The topological polar surface area (TPSA) is 58.4 Å². The van der Waals surface area contributed by atoms with Crippen molar-refractivity contribution in [1.82, 2.24) is 5.32 Å². The Morgan fingerprint density at radius 1 is 1.38 bits per heavy atom. The van der Waals surface area contributed by atoms with E-state index >= 15 is 0 Å². The number of carbonyl (C=O) groups excluding carboxylic acids is 1. The minimum absolute atomic E-state index is 0.310. The van der Waals surface area contributed by atoms with Crippen LogP contribution >= 0.6 is 0 Å². The average Bonchev–Trinajstić information content (AvgIpc) is 2.36. The maximum Gasteiger partial charge on any atom is 0.417 e. The zero-order valence-electron chi connectivity index (χ0n) is 11.9. The van der Waals surface area contributed by atoms with Crippen LogP contribution in [0.2, 0.25) is 0 Å². The van der Waals surface area contributed by atoms with Gasteiger partial charge in [-0.2, -0.15) is 13.2 Å². The van der Waals surface area contributed by atoms with Gasteiger partial charge < -0.3 is 16.0 Å². The van der Waals surface area contributed by atoms with E-state index in [0.717, 1.165) is 12.1 Å². The number of nitrogens with two attached hydrogens (primary N) is 1. The summed E-state index contributed by atoms with van der Waals surface area (Å²) in [6.07, 6.45) is -4.61. The van der Waals surface area contributed by atoms with Gasteiger partial charge in [-0.05, 0) is 32.0 Å². The summed E-state index contributed by atoms with van der Waals surface area (Å²) in [5.74, 6) is -1.08. The number of primary amides is 1. The van der Waals surface area contributed by atoms with Crippen LogP contribution in [0.5, 0.6) is 0 Å². The maximum absolute atomic E-state index is 13.1. The summed E-state index contributed by atoms with van der Waals surface area (Å²) in [5, 5.41) is 3.21. The van der Waals surface area contributed by atoms with E-state index in [1.165, 1.54) is 6.07 Å². The number of hydrogen-bond acceptors (Lipinski definition) is 3. The monoisotopic (exact) mass is 301 g/mol. The standard InChI is InChI=1S/C14H18F3N3O/c1-13(2)8-19-5-6-20(13)9-3-4-10(12(18)21)11(7-9)14(15,16)17/h3-4,7,19H,5-6,8H2,1-2H3,(H2,18,21). The quantitative estimate of drug-likeness (QED) is 0.878. The Labute approximate surface area is 121 Å². The Kier molecular flexibility index (Phi) is 3.88. The first-order valence-electron chi connectivity index (χ1n) is 6.62. The average molecular weight is 301 g/mol. The van der Waals surface area contributed by atoms with E-state index in [4.69, 9.17) is 5.73 Å². The molecular weight excluding hydrogens is 283 g/mol. The largest absolute Gasteiger partial charge is 0.417 e. The molecule has 1 aliphatic rings. The van der Waals surface area contributed by atoms with Crippen LogP contribution in [0.1, 0.15) is 29.8 Å². The summed E-state index contributed by atoms with van der Waals surface area (Å²) in [6.45, 7) is 5.87. The first kappa shape index (κ1) is 15.6. The Morgan fingerprint density at radius 2 is 2.05 bits per heavy atom. The van der Waals surface area contributed by atoms with Gasteiger partial charge >= 0.3 is 6.18 Å². The molecule has 1 heterocycles. The van der Waals surface area contributed by atoms with Crippen LogP contribution in [-0.4, -0.2) is 31.1 Å². The lowest BCUT2D eigenvalue weighted by Crippen LogP contribution is -2.58. The Bertz CT molecular complexity index is 555. The van der Waals surface area contributed by atoms with Crippen LogP contribution in [0.15, 0.2) is 18.2 Å². The van der Waals surface area contributed by atoms with Gasteiger partial charge in [0.05, 0.1) is 11.1 Å². The summed E-state index contributed by atoms with van der Waals surface area (Å²) in [7, 11) is 0. The van der Waals surface area contributed by atoms with Crippen molar-refractivity contribution in [2.24, 2.45) is 5.73 Å². The van der Waals surface area contributed by atoms with Crippen LogP contribution in [-0.2, 0) is 6.18 Å². The van der Waals surface area contributed by atoms with E-state index in [-0.39, 0.29) is 5.54 Å². The first-order valence-corrected chi connectivity index (χ1v) is 6.62. The van der Waals surface area contributed by atoms with Crippen LogP contribution in [0.25, 0.3) is 0 Å². The lowest BCUT2D eigenvalue weighted by molar-refractivity contribution is -0.137. The van der Waals surface area contributed by atoms with Crippen molar-refractivity contribution in [3.8, 4) is 0 Å². The van der Waals surface area contributed by atoms with Crippen molar-refractivity contribution in [2.75, 3.05) is 24.5 Å². The van der Waals surface area contributed by atoms with Gasteiger partial charge in [-0.1, -0.05) is 0 Å². The Hall–Kier alpha value is -1.76. The molecule has 0 spiro atoms. The number of nitrogens with zero attached hydrogens (tertiary/aromatic N) is 1. The van der Waals surface area contributed by atoms with Crippen LogP contribution < -0.4 is 16.0 Å². The second-order valence-electron chi connectivity index (χ2n) is 5.73. The molecule has 3 N–H and O–H groups in total. The molecule has 0 aliphatic carbocycles. The summed E-state index contributed by atoms with van der Waals surface area (Å²) >= 11 is 0. The minimum atomic E-state index is -4.61. The van der Waals surface area contributed by atoms with Gasteiger partial charge in [-0.3, -0.25) is 4.79 Å². The third-order valence-electron chi connectivity index (χ3n) is 3.69. The number of benzene rings is 1. The molecule has 7 heteroatoms. The Balaban J connectivity index is 2.49. The molecule has 2 rings (SSSR count). The molecule has 0 atom stereocenters. The predicted molar refractivity (Wildman–Crippen MR) is 74.3 cm³/mol. The summed E-state index contributed by atoms with van der Waals surface area (Å²) < 4.78 is 39.3. The highest BCUT2D eigenvalue weighted by Crippen LogP contribution is 2.36. The molecule has 1 saturated heterocycles. The molecule has 0 aromatic heterocycles. The van der Waals surface area contributed by atoms with Gasteiger partial charge in [0.1, 0.15) is 0 Å². The number of carbonyl (C=O) groups is 1. The molecule has 1 aromatic rings. The van der Waals surface area contributed by atoms with Gasteiger partial charge in [-0.25, -0.2) is 0 Å². The highest BCUT2D eigenvalue weighted by molar-refractivity contribution is 5.95. The fourth-order valence-corrected chi connectivity index (χ4v) is 2.61. The molecule has 116 valence electrons. The summed E-state index contributed by atoms with van der Waals surface area (Å²) in [5.41, 5.74) is 3.68. The molecule has 21 heavy (non-hydrogen) atoms. The second-order valence-corrected chi connectivity index (χ2v) is 5.73. The molecule has 1 aromatic carbocycles. The number of hydrogen-bond donors (Lipinski definition) is 2. The predicted octanol–water partition coefficient (Wildman–Crippen LogP) is 1.99. The van der Waals surface area contributed by atoms with Crippen molar-refractivity contribution in [3.63, 3.8) is 0 Å². The van der Waals surface area contributed by atoms with Crippen molar-refractivity contribution in [3.05, 3.63) is 29.3 Å². The number of rotatable bonds is 2. The van der Waals surface area contributed by atoms with E-state index in [9.17, 15) is 18.0 Å². The van der Waals surface area contributed by atoms with Crippen molar-refractivity contribution in [2.45, 2.75) is 25.6 Å². The van der Waals surface area contributed by atoms with Gasteiger partial charge in [0.25, 0.3) is 0 Å². The molecule has 1 fully saturated rings. The fraction of sp³-hybridized carbons (Fsp3) is 0.500. The second kappa shape index (κ2) is 5.22. The summed E-state index contributed by atoms with van der Waals surface area (Å²) in [6, 6.07) is 3.67. The lowest BCUT2D eigenvalue weighted by atomic mass is 9.97. The maximum atomic E-state index is 13.1. The van der Waals surface area contributed by atoms with E-state index in [0.29, 0.717) is 25.3 Å². The van der Waals surface area contributed by atoms with Gasteiger partial charge in [0, 0.05) is 30.9 Å². The van der Waals surface area contributed by atoms with Gasteiger partial charge in [0.15, 0.2) is 0 Å². The molecule has 1 amide bonds. The van der Waals surface area contributed by atoms with Crippen molar-refractivity contribution >= 4 is 11.6 Å². The molecule has 4 nitrogen and oxygen atoms in total. The van der Waals surface area contributed by atoms with E-state index in [1.807, 2.05) is 18.7 Å². The van der Waals surface area contributed by atoms with Crippen LogP contribution in [0.3, 0.4) is 0 Å². The molecular formula is C14H18F3N3O. The van der Waals surface area contributed by atoms with E-state index < -0.39 is 23.2 Å². The third kappa shape index (κ3) is 3.12. The third-order valence-corrected chi connectivity index (χ3v) is 3.69. The molecule has 0 unspecified atom stereocenters.